The van der Waals surface area contributed by atoms with E-state index >= 15 is 0 Å². The molecule has 3 rings (SSSR count). The van der Waals surface area contributed by atoms with E-state index in [1.54, 1.807) is 23.5 Å². The second-order valence-electron chi connectivity index (χ2n) is 10.1. The summed E-state index contributed by atoms with van der Waals surface area (Å²) in [5.41, 5.74) is 4.05. The summed E-state index contributed by atoms with van der Waals surface area (Å²) in [5, 5.41) is 2.91. The molecule has 0 fully saturated rings. The minimum absolute atomic E-state index is 0. The molecular formula is C32H44BrFN2O2S. The van der Waals surface area contributed by atoms with Crippen molar-refractivity contribution >= 4 is 22.9 Å². The standard InChI is InChI=1S/C32H43FN2O2S.BrH/c1-3-4-5-6-7-8-9-10-11-12-13-14-21-37-31-29(19-16-20-30(31)33)32(36)34-28-18-15-17-27(22-28)24-35-23-26(2)38-25-35;/h15-20,22-23,25H,3-14,21,24H2,1-2H3;1H. The lowest BCUT2D eigenvalue weighted by atomic mass is 10.1. The molecule has 4 nitrogen and oxygen atoms in total. The lowest BCUT2D eigenvalue weighted by molar-refractivity contribution is -0.683. The highest BCUT2D eigenvalue weighted by Crippen LogP contribution is 2.25. The Balaban J connectivity index is 0.00000533. The Labute approximate surface area is 248 Å². The van der Waals surface area contributed by atoms with Crippen LogP contribution in [-0.2, 0) is 6.54 Å². The molecule has 0 bridgehead atoms. The van der Waals surface area contributed by atoms with Gasteiger partial charge in [-0.2, -0.15) is 4.57 Å². The lowest BCUT2D eigenvalue weighted by Gasteiger charge is -2.13. The van der Waals surface area contributed by atoms with Crippen LogP contribution in [0.5, 0.6) is 5.75 Å². The molecule has 1 amide bonds. The van der Waals surface area contributed by atoms with Crippen molar-refractivity contribution in [3.63, 3.8) is 0 Å². The van der Waals surface area contributed by atoms with Gasteiger partial charge < -0.3 is 27.0 Å². The molecule has 39 heavy (non-hydrogen) atoms. The van der Waals surface area contributed by atoms with E-state index in [0.717, 1.165) is 24.9 Å². The molecule has 1 heterocycles. The number of nitrogens with zero attached hydrogens (tertiary/aromatic N) is 1. The number of ether oxygens (including phenoxy) is 1. The van der Waals surface area contributed by atoms with Gasteiger partial charge in [0.05, 0.1) is 17.0 Å². The number of aromatic nitrogens is 1. The number of hydrogen-bond acceptors (Lipinski definition) is 3. The van der Waals surface area contributed by atoms with Crippen LogP contribution in [0.25, 0.3) is 0 Å². The van der Waals surface area contributed by atoms with Crippen LogP contribution in [0, 0.1) is 12.7 Å². The molecule has 0 aliphatic rings. The Bertz CT molecular complexity index is 1120. The highest BCUT2D eigenvalue weighted by molar-refractivity contribution is 7.09. The first-order valence-corrected chi connectivity index (χ1v) is 15.2. The fraction of sp³-hybridized carbons (Fsp3) is 0.500. The van der Waals surface area contributed by atoms with Gasteiger partial charge in [-0.25, -0.2) is 4.39 Å². The molecule has 0 unspecified atom stereocenters. The number of hydrogen-bond donors (Lipinski definition) is 1. The molecule has 1 aromatic heterocycles. The number of carbonyl (C=O) groups is 1. The van der Waals surface area contributed by atoms with Gasteiger partial charge in [-0.3, -0.25) is 4.79 Å². The SMILES string of the molecule is CCCCCCCCCCCCCCOc1c(F)cccc1C(=O)Nc1cccc(C[n+]2csc(C)c2)c1.[Br-]. The van der Waals surface area contributed by atoms with E-state index in [1.807, 2.05) is 24.3 Å². The topological polar surface area (TPSA) is 42.2 Å². The summed E-state index contributed by atoms with van der Waals surface area (Å²) < 4.78 is 22.5. The van der Waals surface area contributed by atoms with Crippen LogP contribution in [0.3, 0.4) is 0 Å². The molecule has 1 N–H and O–H groups in total. The first kappa shape index (κ1) is 33.0. The van der Waals surface area contributed by atoms with E-state index in [9.17, 15) is 9.18 Å². The molecule has 0 aliphatic carbocycles. The van der Waals surface area contributed by atoms with Crippen molar-refractivity contribution in [2.24, 2.45) is 0 Å². The highest BCUT2D eigenvalue weighted by atomic mass is 79.9. The number of anilines is 1. The molecule has 0 saturated carbocycles. The number of para-hydroxylation sites is 1. The third-order valence-corrected chi connectivity index (χ3v) is 7.58. The zero-order valence-corrected chi connectivity index (χ0v) is 25.9. The normalized spacial score (nSPS) is 10.7. The number of aryl methyl sites for hydroxylation is 1. The van der Waals surface area contributed by atoms with Crippen LogP contribution in [0.15, 0.2) is 54.2 Å². The van der Waals surface area contributed by atoms with E-state index in [4.69, 9.17) is 4.74 Å². The number of thiazole rings is 1. The molecule has 3 aromatic rings. The van der Waals surface area contributed by atoms with Gasteiger partial charge in [0.25, 0.3) is 5.91 Å². The summed E-state index contributed by atoms with van der Waals surface area (Å²) in [6, 6.07) is 12.2. The summed E-state index contributed by atoms with van der Waals surface area (Å²) in [5.74, 6) is -0.839. The number of halogens is 2. The second-order valence-corrected chi connectivity index (χ2v) is 11.2. The molecule has 0 aliphatic heterocycles. The van der Waals surface area contributed by atoms with Crippen molar-refractivity contribution in [2.45, 2.75) is 97.4 Å². The minimum Gasteiger partial charge on any atom is -1.00 e. The van der Waals surface area contributed by atoms with Crippen molar-refractivity contribution in [1.29, 1.82) is 0 Å². The Morgan fingerprint density at radius 2 is 1.56 bits per heavy atom. The monoisotopic (exact) mass is 618 g/mol. The Kier molecular flexibility index (Phi) is 16.0. The third kappa shape index (κ3) is 12.2. The first-order chi connectivity index (χ1) is 18.6. The van der Waals surface area contributed by atoms with E-state index in [0.29, 0.717) is 12.3 Å². The molecular weight excluding hydrogens is 575 g/mol. The maximum absolute atomic E-state index is 14.6. The van der Waals surface area contributed by atoms with Gasteiger partial charge in [-0.05, 0) is 37.6 Å². The van der Waals surface area contributed by atoms with Crippen LogP contribution in [0.2, 0.25) is 0 Å². The lowest BCUT2D eigenvalue weighted by Crippen LogP contribution is -3.00. The molecule has 0 saturated heterocycles. The molecule has 7 heteroatoms. The van der Waals surface area contributed by atoms with Crippen LogP contribution in [-0.4, -0.2) is 12.5 Å². The molecule has 2 aromatic carbocycles. The summed E-state index contributed by atoms with van der Waals surface area (Å²) in [6.07, 6.45) is 17.2. The number of amides is 1. The molecule has 0 atom stereocenters. The van der Waals surface area contributed by atoms with Crippen molar-refractivity contribution in [3.05, 3.63) is 76.0 Å². The smallest absolute Gasteiger partial charge is 0.259 e. The van der Waals surface area contributed by atoms with E-state index in [-0.39, 0.29) is 34.2 Å². The summed E-state index contributed by atoms with van der Waals surface area (Å²) in [6.45, 7) is 5.47. The maximum atomic E-state index is 14.6. The Morgan fingerprint density at radius 1 is 0.923 bits per heavy atom. The van der Waals surface area contributed by atoms with Crippen molar-refractivity contribution in [1.82, 2.24) is 0 Å². The summed E-state index contributed by atoms with van der Waals surface area (Å²) >= 11 is 1.70. The summed E-state index contributed by atoms with van der Waals surface area (Å²) in [7, 11) is 0. The van der Waals surface area contributed by atoms with Gasteiger partial charge >= 0.3 is 0 Å². The van der Waals surface area contributed by atoms with E-state index < -0.39 is 5.82 Å². The van der Waals surface area contributed by atoms with Gasteiger partial charge in [0.15, 0.2) is 24.3 Å². The van der Waals surface area contributed by atoms with Crippen LogP contribution in [0.4, 0.5) is 10.1 Å². The zero-order valence-electron chi connectivity index (χ0n) is 23.5. The van der Waals surface area contributed by atoms with Crippen molar-refractivity contribution < 1.29 is 35.5 Å². The molecule has 0 radical (unpaired) electrons. The highest BCUT2D eigenvalue weighted by Gasteiger charge is 2.17. The number of benzene rings is 2. The molecule has 0 spiro atoms. The molecule has 214 valence electrons. The zero-order chi connectivity index (χ0) is 27.0. The van der Waals surface area contributed by atoms with Crippen molar-refractivity contribution in [2.75, 3.05) is 11.9 Å². The quantitative estimate of drug-likeness (QED) is 0.143. The van der Waals surface area contributed by atoms with Gasteiger partial charge in [0, 0.05) is 11.3 Å². The van der Waals surface area contributed by atoms with Crippen LogP contribution in [0.1, 0.15) is 105 Å². The fourth-order valence-electron chi connectivity index (χ4n) is 4.64. The van der Waals surface area contributed by atoms with Gasteiger partial charge in [-0.15, -0.1) is 0 Å². The van der Waals surface area contributed by atoms with E-state index in [1.165, 1.54) is 75.2 Å². The second kappa shape index (κ2) is 18.9. The van der Waals surface area contributed by atoms with E-state index in [2.05, 4.69) is 35.4 Å². The summed E-state index contributed by atoms with van der Waals surface area (Å²) in [4.78, 5) is 14.3. The predicted molar refractivity (Wildman–Crippen MR) is 156 cm³/mol. The van der Waals surface area contributed by atoms with Gasteiger partial charge in [0.2, 0.25) is 5.51 Å². The predicted octanol–water partition coefficient (Wildman–Crippen LogP) is 5.87. The average Bonchev–Trinajstić information content (AvgIpc) is 3.31. The van der Waals surface area contributed by atoms with Crippen LogP contribution >= 0.6 is 11.3 Å². The number of unbranched alkanes of at least 4 members (excludes halogenated alkanes) is 11. The number of nitrogens with one attached hydrogen (secondary N) is 1. The van der Waals surface area contributed by atoms with Gasteiger partial charge in [-0.1, -0.05) is 107 Å². The largest absolute Gasteiger partial charge is 1.00 e. The number of carbonyl (C=O) groups excluding carboxylic acids is 1. The van der Waals surface area contributed by atoms with Gasteiger partial charge in [0.1, 0.15) is 0 Å². The average molecular weight is 620 g/mol. The third-order valence-electron chi connectivity index (χ3n) is 6.73. The fourth-order valence-corrected chi connectivity index (χ4v) is 5.27. The maximum Gasteiger partial charge on any atom is 0.259 e. The Morgan fingerprint density at radius 3 is 2.21 bits per heavy atom. The van der Waals surface area contributed by atoms with Crippen LogP contribution < -0.4 is 31.6 Å². The number of rotatable bonds is 18. The minimum atomic E-state index is -0.505. The Hall–Kier alpha value is -2.25. The first-order valence-electron chi connectivity index (χ1n) is 14.3. The van der Waals surface area contributed by atoms with Crippen molar-refractivity contribution in [3.8, 4) is 5.75 Å².